The van der Waals surface area contributed by atoms with Crippen molar-refractivity contribution >= 4 is 12.0 Å². The van der Waals surface area contributed by atoms with Crippen LogP contribution in [0.4, 0.5) is 10.7 Å². The first-order valence-electron chi connectivity index (χ1n) is 7.42. The molecule has 22 heavy (non-hydrogen) atoms. The molecule has 0 aliphatic carbocycles. The van der Waals surface area contributed by atoms with Crippen LogP contribution in [0.1, 0.15) is 13.3 Å². The number of aromatic nitrogens is 2. The van der Waals surface area contributed by atoms with Gasteiger partial charge >= 0.3 is 6.03 Å². The van der Waals surface area contributed by atoms with Gasteiger partial charge in [-0.05, 0) is 18.9 Å². The number of nitrogens with zero attached hydrogens (tertiary/aromatic N) is 2. The van der Waals surface area contributed by atoms with Gasteiger partial charge in [0.05, 0.1) is 11.9 Å². The van der Waals surface area contributed by atoms with Gasteiger partial charge in [-0.2, -0.15) is 0 Å². The lowest BCUT2D eigenvalue weighted by Gasteiger charge is -2.09. The molecule has 1 aromatic carbocycles. The minimum absolute atomic E-state index is 0.259. The predicted octanol–water partition coefficient (Wildman–Crippen LogP) is 2.64. The second kappa shape index (κ2) is 8.19. The number of hydrogen-bond acceptors (Lipinski definition) is 3. The third kappa shape index (κ3) is 4.33. The third-order valence-electron chi connectivity index (χ3n) is 3.24. The molecule has 6 nitrogen and oxygen atoms in total. The van der Waals surface area contributed by atoms with Gasteiger partial charge in [0.2, 0.25) is 5.95 Å². The number of hydrogen-bond donors (Lipinski definition) is 2. The number of carbonyl (C=O) groups excluding carboxylic acids is 1. The summed E-state index contributed by atoms with van der Waals surface area (Å²) >= 11 is 0. The molecule has 6 heteroatoms. The standard InChI is InChI=1S/C16H22N4O2/c1-3-22-11-7-10-17-16(21)19-15-18-12-14(20(15)2)13-8-5-4-6-9-13/h4-6,8-9,12H,3,7,10-11H2,1-2H3,(H2,17,18,19,21). The zero-order valence-corrected chi connectivity index (χ0v) is 13.0. The zero-order chi connectivity index (χ0) is 15.8. The van der Waals surface area contributed by atoms with Crippen molar-refractivity contribution in [2.75, 3.05) is 25.1 Å². The molecule has 0 saturated heterocycles. The Morgan fingerprint density at radius 3 is 2.82 bits per heavy atom. The van der Waals surface area contributed by atoms with Crippen LogP contribution in [0, 0.1) is 0 Å². The van der Waals surface area contributed by atoms with E-state index < -0.39 is 0 Å². The summed E-state index contributed by atoms with van der Waals surface area (Å²) < 4.78 is 7.07. The Bertz CT molecular complexity index is 595. The van der Waals surface area contributed by atoms with Crippen LogP contribution in [-0.2, 0) is 11.8 Å². The smallest absolute Gasteiger partial charge is 0.321 e. The van der Waals surface area contributed by atoms with Crippen molar-refractivity contribution in [2.45, 2.75) is 13.3 Å². The Morgan fingerprint density at radius 2 is 2.09 bits per heavy atom. The fraction of sp³-hybridized carbons (Fsp3) is 0.375. The van der Waals surface area contributed by atoms with Crippen molar-refractivity contribution in [3.05, 3.63) is 36.5 Å². The highest BCUT2D eigenvalue weighted by Crippen LogP contribution is 2.21. The van der Waals surface area contributed by atoms with E-state index in [1.807, 2.05) is 48.9 Å². The van der Waals surface area contributed by atoms with Crippen LogP contribution in [0.5, 0.6) is 0 Å². The fourth-order valence-electron chi connectivity index (χ4n) is 2.07. The van der Waals surface area contributed by atoms with Crippen LogP contribution in [0.15, 0.2) is 36.5 Å². The number of carbonyl (C=O) groups is 1. The average Bonchev–Trinajstić information content (AvgIpc) is 2.89. The number of amides is 2. The number of benzene rings is 1. The summed E-state index contributed by atoms with van der Waals surface area (Å²) in [6.45, 7) is 3.87. The molecule has 0 aliphatic rings. The molecule has 2 N–H and O–H groups in total. The summed E-state index contributed by atoms with van der Waals surface area (Å²) in [5.74, 6) is 0.515. The second-order valence-corrected chi connectivity index (χ2v) is 4.82. The van der Waals surface area contributed by atoms with E-state index in [9.17, 15) is 4.79 Å². The summed E-state index contributed by atoms with van der Waals surface area (Å²) in [6, 6.07) is 9.67. The maximum Gasteiger partial charge on any atom is 0.321 e. The highest BCUT2D eigenvalue weighted by atomic mass is 16.5. The molecule has 0 fully saturated rings. The Labute approximate surface area is 130 Å². The lowest BCUT2D eigenvalue weighted by molar-refractivity contribution is 0.145. The molecule has 0 unspecified atom stereocenters. The SMILES string of the molecule is CCOCCCNC(=O)Nc1ncc(-c2ccccc2)n1C. The number of rotatable bonds is 7. The van der Waals surface area contributed by atoms with Gasteiger partial charge in [0.25, 0.3) is 0 Å². The topological polar surface area (TPSA) is 68.2 Å². The normalized spacial score (nSPS) is 10.5. The van der Waals surface area contributed by atoms with Crippen LogP contribution in [0.2, 0.25) is 0 Å². The predicted molar refractivity (Wildman–Crippen MR) is 86.8 cm³/mol. The maximum atomic E-state index is 11.8. The van der Waals surface area contributed by atoms with Gasteiger partial charge in [0.1, 0.15) is 0 Å². The largest absolute Gasteiger partial charge is 0.382 e. The van der Waals surface area contributed by atoms with Crippen LogP contribution < -0.4 is 10.6 Å². The van der Waals surface area contributed by atoms with Gasteiger partial charge in [-0.3, -0.25) is 5.32 Å². The van der Waals surface area contributed by atoms with Crippen molar-refractivity contribution in [2.24, 2.45) is 7.05 Å². The zero-order valence-electron chi connectivity index (χ0n) is 13.0. The molecule has 0 radical (unpaired) electrons. The lowest BCUT2D eigenvalue weighted by Crippen LogP contribution is -2.31. The molecule has 1 heterocycles. The lowest BCUT2D eigenvalue weighted by atomic mass is 10.2. The van der Waals surface area contributed by atoms with Gasteiger partial charge in [-0.15, -0.1) is 0 Å². The first kappa shape index (κ1) is 16.0. The van der Waals surface area contributed by atoms with Gasteiger partial charge in [0.15, 0.2) is 0 Å². The molecule has 0 aliphatic heterocycles. The van der Waals surface area contributed by atoms with E-state index in [2.05, 4.69) is 15.6 Å². The van der Waals surface area contributed by atoms with E-state index in [1.54, 1.807) is 6.20 Å². The van der Waals surface area contributed by atoms with E-state index >= 15 is 0 Å². The summed E-state index contributed by atoms with van der Waals surface area (Å²) in [5, 5.41) is 5.54. The van der Waals surface area contributed by atoms with Crippen LogP contribution >= 0.6 is 0 Å². The molecular formula is C16H22N4O2. The van der Waals surface area contributed by atoms with Crippen molar-refractivity contribution in [3.8, 4) is 11.3 Å². The van der Waals surface area contributed by atoms with Crippen molar-refractivity contribution in [1.29, 1.82) is 0 Å². The molecule has 0 spiro atoms. The number of nitrogens with one attached hydrogen (secondary N) is 2. The molecule has 0 bridgehead atoms. The summed E-state index contributed by atoms with van der Waals surface area (Å²) in [6.07, 6.45) is 2.54. The molecule has 0 saturated carbocycles. The Morgan fingerprint density at radius 1 is 1.32 bits per heavy atom. The molecule has 2 rings (SSSR count). The van der Waals surface area contributed by atoms with Crippen LogP contribution in [0.25, 0.3) is 11.3 Å². The van der Waals surface area contributed by atoms with Gasteiger partial charge in [-0.1, -0.05) is 30.3 Å². The number of urea groups is 1. The number of anilines is 1. The third-order valence-corrected chi connectivity index (χ3v) is 3.24. The summed E-state index contributed by atoms with van der Waals surface area (Å²) in [7, 11) is 1.88. The minimum atomic E-state index is -0.259. The van der Waals surface area contributed by atoms with Gasteiger partial charge < -0.3 is 14.6 Å². The van der Waals surface area contributed by atoms with E-state index in [0.717, 1.165) is 17.7 Å². The van der Waals surface area contributed by atoms with Crippen LogP contribution in [0.3, 0.4) is 0 Å². The van der Waals surface area contributed by atoms with Crippen molar-refractivity contribution in [1.82, 2.24) is 14.9 Å². The Kier molecular flexibility index (Phi) is 5.97. The quantitative estimate of drug-likeness (QED) is 0.773. The average molecular weight is 302 g/mol. The molecule has 1 aromatic heterocycles. The summed E-state index contributed by atoms with van der Waals surface area (Å²) in [4.78, 5) is 16.1. The van der Waals surface area contributed by atoms with Crippen molar-refractivity contribution < 1.29 is 9.53 Å². The summed E-state index contributed by atoms with van der Waals surface area (Å²) in [5.41, 5.74) is 2.01. The molecule has 118 valence electrons. The fourth-order valence-corrected chi connectivity index (χ4v) is 2.07. The first-order valence-corrected chi connectivity index (χ1v) is 7.42. The molecule has 0 atom stereocenters. The van der Waals surface area contributed by atoms with Gasteiger partial charge in [0, 0.05) is 26.8 Å². The highest BCUT2D eigenvalue weighted by molar-refractivity contribution is 5.87. The first-order chi connectivity index (χ1) is 10.7. The second-order valence-electron chi connectivity index (χ2n) is 4.82. The monoisotopic (exact) mass is 302 g/mol. The highest BCUT2D eigenvalue weighted by Gasteiger charge is 2.10. The van der Waals surface area contributed by atoms with E-state index in [4.69, 9.17) is 4.74 Å². The van der Waals surface area contributed by atoms with Crippen molar-refractivity contribution in [3.63, 3.8) is 0 Å². The van der Waals surface area contributed by atoms with Gasteiger partial charge in [-0.25, -0.2) is 9.78 Å². The Hall–Kier alpha value is -2.34. The molecule has 2 aromatic rings. The maximum absolute atomic E-state index is 11.8. The minimum Gasteiger partial charge on any atom is -0.382 e. The molecule has 2 amide bonds. The van der Waals surface area contributed by atoms with E-state index in [-0.39, 0.29) is 6.03 Å². The van der Waals surface area contributed by atoms with Crippen LogP contribution in [-0.4, -0.2) is 35.3 Å². The van der Waals surface area contributed by atoms with E-state index in [0.29, 0.717) is 25.7 Å². The molecular weight excluding hydrogens is 280 g/mol. The number of ether oxygens (including phenoxy) is 1. The Balaban J connectivity index is 1.88. The van der Waals surface area contributed by atoms with E-state index in [1.165, 1.54) is 0 Å². The number of imidazole rings is 1.